The standard InChI is InChI=1S/C10H13ClN2O2/c11-8-7(6-12-13-8)10(9(14)15)4-2-1-3-5-10/h6H,1-5H2,(H,12,13)(H,14,15). The lowest BCUT2D eigenvalue weighted by Crippen LogP contribution is -2.37. The van der Waals surface area contributed by atoms with Crippen LogP contribution in [0, 0.1) is 0 Å². The maximum atomic E-state index is 11.4. The second-order valence-electron chi connectivity index (χ2n) is 4.05. The van der Waals surface area contributed by atoms with Crippen molar-refractivity contribution in [3.8, 4) is 0 Å². The molecule has 0 spiro atoms. The van der Waals surface area contributed by atoms with E-state index in [0.29, 0.717) is 23.6 Å². The lowest BCUT2D eigenvalue weighted by atomic mass is 9.70. The summed E-state index contributed by atoms with van der Waals surface area (Å²) in [5, 5.41) is 16.1. The number of nitrogens with zero attached hydrogens (tertiary/aromatic N) is 1. The predicted molar refractivity (Wildman–Crippen MR) is 56.0 cm³/mol. The van der Waals surface area contributed by atoms with Gasteiger partial charge in [0.1, 0.15) is 5.15 Å². The molecule has 2 rings (SSSR count). The van der Waals surface area contributed by atoms with Crippen molar-refractivity contribution in [2.24, 2.45) is 0 Å². The molecule has 0 amide bonds. The molecule has 1 aromatic rings. The number of hydrogen-bond acceptors (Lipinski definition) is 2. The molecule has 15 heavy (non-hydrogen) atoms. The van der Waals surface area contributed by atoms with E-state index in [2.05, 4.69) is 10.2 Å². The van der Waals surface area contributed by atoms with E-state index in [1.807, 2.05) is 0 Å². The third-order valence-corrected chi connectivity index (χ3v) is 3.51. The van der Waals surface area contributed by atoms with E-state index >= 15 is 0 Å². The minimum absolute atomic E-state index is 0.360. The van der Waals surface area contributed by atoms with E-state index in [-0.39, 0.29) is 0 Å². The minimum atomic E-state index is -0.817. The Hall–Kier alpha value is -1.03. The zero-order chi connectivity index (χ0) is 10.9. The van der Waals surface area contributed by atoms with Crippen LogP contribution in [0.4, 0.5) is 0 Å². The molecule has 1 aromatic heterocycles. The molecule has 0 bridgehead atoms. The van der Waals surface area contributed by atoms with Gasteiger partial charge in [-0.25, -0.2) is 0 Å². The molecule has 4 nitrogen and oxygen atoms in total. The van der Waals surface area contributed by atoms with E-state index in [1.54, 1.807) is 6.20 Å². The second kappa shape index (κ2) is 3.85. The number of nitrogens with one attached hydrogen (secondary N) is 1. The van der Waals surface area contributed by atoms with E-state index in [4.69, 9.17) is 11.6 Å². The zero-order valence-electron chi connectivity index (χ0n) is 8.29. The third-order valence-electron chi connectivity index (χ3n) is 3.22. The first-order valence-electron chi connectivity index (χ1n) is 5.09. The number of hydrogen-bond donors (Lipinski definition) is 2. The number of rotatable bonds is 2. The van der Waals surface area contributed by atoms with Crippen LogP contribution in [-0.2, 0) is 10.2 Å². The Kier molecular flexibility index (Phi) is 2.69. The van der Waals surface area contributed by atoms with Gasteiger partial charge in [0, 0.05) is 5.56 Å². The lowest BCUT2D eigenvalue weighted by molar-refractivity contribution is -0.145. The summed E-state index contributed by atoms with van der Waals surface area (Å²) < 4.78 is 0. The van der Waals surface area contributed by atoms with Gasteiger partial charge in [0.05, 0.1) is 11.6 Å². The van der Waals surface area contributed by atoms with Crippen molar-refractivity contribution in [3.63, 3.8) is 0 Å². The van der Waals surface area contributed by atoms with Gasteiger partial charge >= 0.3 is 5.97 Å². The highest BCUT2D eigenvalue weighted by molar-refractivity contribution is 6.30. The van der Waals surface area contributed by atoms with Crippen LogP contribution in [0.1, 0.15) is 37.7 Å². The van der Waals surface area contributed by atoms with Gasteiger partial charge in [0.2, 0.25) is 0 Å². The molecule has 1 aliphatic carbocycles. The predicted octanol–water partition coefficient (Wildman–Crippen LogP) is 2.35. The van der Waals surface area contributed by atoms with E-state index < -0.39 is 11.4 Å². The van der Waals surface area contributed by atoms with Gasteiger partial charge in [-0.3, -0.25) is 9.89 Å². The molecular weight excluding hydrogens is 216 g/mol. The summed E-state index contributed by atoms with van der Waals surface area (Å²) in [6, 6.07) is 0. The van der Waals surface area contributed by atoms with E-state index in [0.717, 1.165) is 19.3 Å². The van der Waals surface area contributed by atoms with Gasteiger partial charge in [0.25, 0.3) is 0 Å². The van der Waals surface area contributed by atoms with Crippen molar-refractivity contribution in [2.75, 3.05) is 0 Å². The Balaban J connectivity index is 2.42. The highest BCUT2D eigenvalue weighted by atomic mass is 35.5. The van der Waals surface area contributed by atoms with Crippen LogP contribution in [-0.4, -0.2) is 21.3 Å². The molecule has 0 aromatic carbocycles. The van der Waals surface area contributed by atoms with Crippen molar-refractivity contribution < 1.29 is 9.90 Å². The molecule has 1 saturated carbocycles. The normalized spacial score (nSPS) is 20.1. The van der Waals surface area contributed by atoms with Crippen LogP contribution in [0.25, 0.3) is 0 Å². The number of halogens is 1. The van der Waals surface area contributed by atoms with Gasteiger partial charge in [0.15, 0.2) is 0 Å². The summed E-state index contributed by atoms with van der Waals surface area (Å²) in [4.78, 5) is 11.4. The largest absolute Gasteiger partial charge is 0.481 e. The highest BCUT2D eigenvalue weighted by Gasteiger charge is 2.43. The summed E-state index contributed by atoms with van der Waals surface area (Å²) in [7, 11) is 0. The molecule has 2 N–H and O–H groups in total. The van der Waals surface area contributed by atoms with Crippen LogP contribution in [0.3, 0.4) is 0 Å². The van der Waals surface area contributed by atoms with Crippen LogP contribution in [0.5, 0.6) is 0 Å². The van der Waals surface area contributed by atoms with Gasteiger partial charge in [-0.15, -0.1) is 0 Å². The second-order valence-corrected chi connectivity index (χ2v) is 4.42. The molecule has 1 fully saturated rings. The maximum absolute atomic E-state index is 11.4. The molecule has 82 valence electrons. The number of aromatic nitrogens is 2. The topological polar surface area (TPSA) is 66.0 Å². The Bertz CT molecular complexity index is 369. The average Bonchev–Trinajstić information content (AvgIpc) is 2.66. The quantitative estimate of drug-likeness (QED) is 0.817. The minimum Gasteiger partial charge on any atom is -0.481 e. The molecule has 1 aliphatic rings. The number of carbonyl (C=O) groups is 1. The van der Waals surface area contributed by atoms with Crippen LogP contribution >= 0.6 is 11.6 Å². The average molecular weight is 229 g/mol. The summed E-state index contributed by atoms with van der Waals surface area (Å²) >= 11 is 5.93. The summed E-state index contributed by atoms with van der Waals surface area (Å²) in [5.41, 5.74) is -0.182. The molecule has 0 unspecified atom stereocenters. The number of aromatic amines is 1. The molecular formula is C10H13ClN2O2. The maximum Gasteiger partial charge on any atom is 0.314 e. The van der Waals surface area contributed by atoms with E-state index in [9.17, 15) is 9.90 Å². The number of aliphatic carboxylic acids is 1. The Morgan fingerprint density at radius 2 is 2.13 bits per heavy atom. The summed E-state index contributed by atoms with van der Waals surface area (Å²) in [6.45, 7) is 0. The van der Waals surface area contributed by atoms with Gasteiger partial charge in [-0.05, 0) is 12.8 Å². The Morgan fingerprint density at radius 3 is 2.60 bits per heavy atom. The van der Waals surface area contributed by atoms with Crippen LogP contribution in [0.15, 0.2) is 6.20 Å². The number of carboxylic acids is 1. The monoisotopic (exact) mass is 228 g/mol. The van der Waals surface area contributed by atoms with Crippen molar-refractivity contribution in [3.05, 3.63) is 16.9 Å². The molecule has 5 heteroatoms. The Labute approximate surface area is 92.6 Å². The zero-order valence-corrected chi connectivity index (χ0v) is 9.05. The molecule has 0 atom stereocenters. The van der Waals surface area contributed by atoms with Crippen molar-refractivity contribution in [1.82, 2.24) is 10.2 Å². The number of H-pyrrole nitrogens is 1. The van der Waals surface area contributed by atoms with Crippen LogP contribution < -0.4 is 0 Å². The first-order valence-corrected chi connectivity index (χ1v) is 5.47. The first kappa shape index (κ1) is 10.5. The fourth-order valence-electron chi connectivity index (χ4n) is 2.36. The Morgan fingerprint density at radius 1 is 1.47 bits per heavy atom. The summed E-state index contributed by atoms with van der Waals surface area (Å²) in [6.07, 6.45) is 5.83. The van der Waals surface area contributed by atoms with Crippen molar-refractivity contribution in [2.45, 2.75) is 37.5 Å². The highest BCUT2D eigenvalue weighted by Crippen LogP contribution is 2.41. The molecule has 0 saturated heterocycles. The van der Waals surface area contributed by atoms with Gasteiger partial charge in [-0.1, -0.05) is 30.9 Å². The SMILES string of the molecule is O=C(O)C1(c2cn[nH]c2Cl)CCCCC1. The molecule has 0 radical (unpaired) electrons. The third kappa shape index (κ3) is 1.63. The first-order chi connectivity index (χ1) is 7.17. The molecule has 1 heterocycles. The molecule has 0 aliphatic heterocycles. The lowest BCUT2D eigenvalue weighted by Gasteiger charge is -2.32. The summed E-state index contributed by atoms with van der Waals surface area (Å²) in [5.74, 6) is -0.787. The van der Waals surface area contributed by atoms with Gasteiger partial charge < -0.3 is 5.11 Å². The van der Waals surface area contributed by atoms with Gasteiger partial charge in [-0.2, -0.15) is 5.10 Å². The van der Waals surface area contributed by atoms with Crippen molar-refractivity contribution in [1.29, 1.82) is 0 Å². The fraction of sp³-hybridized carbons (Fsp3) is 0.600. The van der Waals surface area contributed by atoms with E-state index in [1.165, 1.54) is 0 Å². The van der Waals surface area contributed by atoms with Crippen molar-refractivity contribution >= 4 is 17.6 Å². The number of carboxylic acid groups (broad SMARTS) is 1. The fourth-order valence-corrected chi connectivity index (χ4v) is 2.64. The smallest absolute Gasteiger partial charge is 0.314 e. The van der Waals surface area contributed by atoms with Crippen LogP contribution in [0.2, 0.25) is 5.15 Å².